The number of hydrogen-bond acceptors (Lipinski definition) is 8. The van der Waals surface area contributed by atoms with E-state index in [-0.39, 0.29) is 34.7 Å². The molecule has 7 rings (SSSR count). The molecule has 3 aliphatic rings. The van der Waals surface area contributed by atoms with Gasteiger partial charge in [-0.2, -0.15) is 0 Å². The normalized spacial score (nSPS) is 18.5. The van der Waals surface area contributed by atoms with Crippen molar-refractivity contribution in [3.8, 4) is 17.2 Å². The summed E-state index contributed by atoms with van der Waals surface area (Å²) in [6, 6.07) is 17.5. The molecule has 51 heavy (non-hydrogen) atoms. The van der Waals surface area contributed by atoms with E-state index in [0.29, 0.717) is 57.7 Å². The van der Waals surface area contributed by atoms with Crippen molar-refractivity contribution in [2.75, 3.05) is 45.9 Å². The lowest BCUT2D eigenvalue weighted by atomic mass is 9.82. The zero-order valence-electron chi connectivity index (χ0n) is 28.6. The number of aromatic carboxylic acids is 1. The number of anilines is 1. The number of carbonyl (C=O) groups excluding carboxylic acids is 1. The Morgan fingerprint density at radius 3 is 2.20 bits per heavy atom. The molecule has 0 aliphatic carbocycles. The van der Waals surface area contributed by atoms with Crippen LogP contribution in [0.25, 0.3) is 0 Å². The standard InChI is InChI=1S/C38H39Cl2N3O8/c1-48-27-8-6-26(7-9-27)43(38(46)51-36-22-41-14-12-24(36)13-15-41)19-23-4-10-28(37(44)45)30(16-23)29(18-31-32(39)20-42(47)21-33(31)40)25-5-11-34(49-2)35(17-25)50-3/h4-11,16-17,20-21,24,29,36H,12-15,18-19,22H2,1-3H3,(H-,44,45,47)/p+1/t29-,36+/m1/s1. The zero-order valence-corrected chi connectivity index (χ0v) is 30.1. The van der Waals surface area contributed by atoms with Gasteiger partial charge in [-0.15, -0.1) is 0 Å². The molecule has 1 aromatic heterocycles. The summed E-state index contributed by atoms with van der Waals surface area (Å²) in [6.07, 6.45) is 4.09. The van der Waals surface area contributed by atoms with Gasteiger partial charge in [0.05, 0.1) is 33.4 Å². The second-order valence-corrected chi connectivity index (χ2v) is 13.6. The molecule has 1 amide bonds. The second kappa shape index (κ2) is 15.7. The lowest BCUT2D eigenvalue weighted by molar-refractivity contribution is -0.904. The van der Waals surface area contributed by atoms with E-state index in [1.807, 2.05) is 6.07 Å². The molecule has 3 fully saturated rings. The molecular formula is C38H40Cl2N3O8+. The van der Waals surface area contributed by atoms with Crippen LogP contribution in [0.5, 0.6) is 17.2 Å². The average Bonchev–Trinajstić information content (AvgIpc) is 3.13. The molecule has 2 bridgehead atoms. The van der Waals surface area contributed by atoms with Crippen molar-refractivity contribution in [1.29, 1.82) is 0 Å². The number of methoxy groups -OCH3 is 3. The van der Waals surface area contributed by atoms with E-state index in [1.54, 1.807) is 66.6 Å². The smallest absolute Gasteiger partial charge is 0.414 e. The number of benzene rings is 3. The number of nitrogens with zero attached hydrogens (tertiary/aromatic N) is 3. The maximum atomic E-state index is 14.0. The van der Waals surface area contributed by atoms with Crippen LogP contribution in [0.15, 0.2) is 73.1 Å². The van der Waals surface area contributed by atoms with Crippen LogP contribution in [0.2, 0.25) is 10.0 Å². The van der Waals surface area contributed by atoms with Gasteiger partial charge >= 0.3 is 12.1 Å². The van der Waals surface area contributed by atoms with Crippen molar-refractivity contribution in [1.82, 2.24) is 4.90 Å². The van der Waals surface area contributed by atoms with Gasteiger partial charge in [0, 0.05) is 28.4 Å². The van der Waals surface area contributed by atoms with E-state index in [0.717, 1.165) is 30.7 Å². The third kappa shape index (κ3) is 7.96. The Morgan fingerprint density at radius 1 is 0.922 bits per heavy atom. The number of carboxylic acids is 1. The molecule has 268 valence electrons. The first-order valence-corrected chi connectivity index (χ1v) is 17.3. The molecule has 2 atom stereocenters. The van der Waals surface area contributed by atoms with E-state index in [2.05, 4.69) is 4.90 Å². The Bertz CT molecular complexity index is 1880. The van der Waals surface area contributed by atoms with Gasteiger partial charge in [-0.1, -0.05) is 41.4 Å². The maximum absolute atomic E-state index is 14.0. The molecule has 0 radical (unpaired) electrons. The van der Waals surface area contributed by atoms with Crippen molar-refractivity contribution in [2.45, 2.75) is 37.8 Å². The number of halogens is 2. The number of rotatable bonds is 12. The molecule has 0 saturated carbocycles. The summed E-state index contributed by atoms with van der Waals surface area (Å²) >= 11 is 13.2. The summed E-state index contributed by atoms with van der Waals surface area (Å²) in [5.41, 5.74) is 2.99. The number of carboxylic acid groups (broad SMARTS) is 1. The number of carbonyl (C=O) groups is 2. The highest BCUT2D eigenvalue weighted by molar-refractivity contribution is 6.35. The van der Waals surface area contributed by atoms with Gasteiger partial charge in [0.1, 0.15) is 21.9 Å². The van der Waals surface area contributed by atoms with Gasteiger partial charge in [-0.25, -0.2) is 9.59 Å². The van der Waals surface area contributed by atoms with Crippen molar-refractivity contribution >= 4 is 41.0 Å². The van der Waals surface area contributed by atoms with Crippen LogP contribution in [-0.2, 0) is 17.7 Å². The summed E-state index contributed by atoms with van der Waals surface area (Å²) in [7, 11) is 4.63. The van der Waals surface area contributed by atoms with Crippen molar-refractivity contribution in [2.24, 2.45) is 5.92 Å². The van der Waals surface area contributed by atoms with Crippen molar-refractivity contribution in [3.63, 3.8) is 0 Å². The number of piperidine rings is 3. The Kier molecular flexibility index (Phi) is 11.1. The first kappa shape index (κ1) is 36.1. The first-order valence-electron chi connectivity index (χ1n) is 16.6. The van der Waals surface area contributed by atoms with Gasteiger partial charge in [0.15, 0.2) is 11.5 Å². The number of amides is 1. The largest absolute Gasteiger partial charge is 0.497 e. The van der Waals surface area contributed by atoms with Gasteiger partial charge in [-0.3, -0.25) is 15.0 Å². The molecule has 2 N–H and O–H groups in total. The molecule has 4 aromatic rings. The molecular weight excluding hydrogens is 697 g/mol. The third-order valence-electron chi connectivity index (χ3n) is 9.80. The number of pyridine rings is 1. The van der Waals surface area contributed by atoms with E-state index in [9.17, 15) is 19.9 Å². The second-order valence-electron chi connectivity index (χ2n) is 12.8. The Hall–Kier alpha value is -4.71. The fourth-order valence-corrected chi connectivity index (χ4v) is 7.66. The fourth-order valence-electron chi connectivity index (χ4n) is 7.05. The summed E-state index contributed by atoms with van der Waals surface area (Å²) < 4.78 is 23.4. The third-order valence-corrected chi connectivity index (χ3v) is 10.5. The maximum Gasteiger partial charge on any atom is 0.414 e. The number of ether oxygens (including phenoxy) is 4. The number of fused-ring (bicyclic) bond motifs is 3. The summed E-state index contributed by atoms with van der Waals surface area (Å²) in [5.74, 6) is 0.161. The quantitative estimate of drug-likeness (QED) is 0.119. The molecule has 3 saturated heterocycles. The predicted molar refractivity (Wildman–Crippen MR) is 191 cm³/mol. The van der Waals surface area contributed by atoms with Crippen LogP contribution >= 0.6 is 23.2 Å². The predicted octanol–water partition coefficient (Wildman–Crippen LogP) is 6.85. The minimum absolute atomic E-state index is 0.0600. The molecule has 0 spiro atoms. The molecule has 0 unspecified atom stereocenters. The van der Waals surface area contributed by atoms with Crippen molar-refractivity contribution in [3.05, 3.63) is 111 Å². The minimum atomic E-state index is -1.13. The van der Waals surface area contributed by atoms with Crippen LogP contribution in [-0.4, -0.2) is 74.3 Å². The minimum Gasteiger partial charge on any atom is -0.497 e. The molecule has 4 heterocycles. The van der Waals surface area contributed by atoms with Gasteiger partial charge in [0.2, 0.25) is 12.4 Å². The average molecular weight is 738 g/mol. The molecule has 11 nitrogen and oxygen atoms in total. The van der Waals surface area contributed by atoms with E-state index >= 15 is 0 Å². The van der Waals surface area contributed by atoms with Crippen LogP contribution < -0.4 is 23.8 Å². The van der Waals surface area contributed by atoms with Gasteiger partial charge < -0.3 is 24.1 Å². The summed E-state index contributed by atoms with van der Waals surface area (Å²) in [6.45, 7) is 2.83. The lowest BCUT2D eigenvalue weighted by Gasteiger charge is -2.44. The van der Waals surface area contributed by atoms with E-state index in [4.69, 9.17) is 42.1 Å². The van der Waals surface area contributed by atoms with Crippen LogP contribution in [0.1, 0.15) is 51.4 Å². The van der Waals surface area contributed by atoms with Crippen molar-refractivity contribution < 1.29 is 43.6 Å². The van der Waals surface area contributed by atoms with Crippen LogP contribution in [0.3, 0.4) is 0 Å². The SMILES string of the molecule is COc1ccc(N(Cc2ccc(C(=O)O)c([C@H](Cc3c(Cl)c[n+](O)cc3Cl)c3ccc(OC)c(OC)c3)c2)C(=O)O[C@H]2CN3CCC2CC3)cc1. The Morgan fingerprint density at radius 2 is 1.61 bits per heavy atom. The Labute approximate surface area is 306 Å². The lowest BCUT2D eigenvalue weighted by Crippen LogP contribution is -2.53. The fraction of sp³-hybridized carbons (Fsp3) is 0.342. The highest BCUT2D eigenvalue weighted by Crippen LogP contribution is 2.39. The van der Waals surface area contributed by atoms with E-state index < -0.39 is 18.0 Å². The van der Waals surface area contributed by atoms with E-state index in [1.165, 1.54) is 26.6 Å². The Balaban J connectivity index is 1.42. The van der Waals surface area contributed by atoms with Gasteiger partial charge in [0.25, 0.3) is 0 Å². The number of aromatic nitrogens is 1. The highest BCUT2D eigenvalue weighted by Gasteiger charge is 2.37. The highest BCUT2D eigenvalue weighted by atomic mass is 35.5. The van der Waals surface area contributed by atoms with Gasteiger partial charge in [-0.05, 0) is 97.4 Å². The zero-order chi connectivity index (χ0) is 36.2. The number of hydrogen-bond donors (Lipinski definition) is 2. The molecule has 3 aromatic carbocycles. The monoisotopic (exact) mass is 736 g/mol. The summed E-state index contributed by atoms with van der Waals surface area (Å²) in [4.78, 5) is 30.7. The first-order chi connectivity index (χ1) is 24.6. The summed E-state index contributed by atoms with van der Waals surface area (Å²) in [5, 5.41) is 20.9. The van der Waals surface area contributed by atoms with Crippen LogP contribution in [0, 0.1) is 5.92 Å². The molecule has 3 aliphatic heterocycles. The van der Waals surface area contributed by atoms with Crippen LogP contribution in [0.4, 0.5) is 10.5 Å². The topological polar surface area (TPSA) is 122 Å². The molecule has 13 heteroatoms.